The van der Waals surface area contributed by atoms with Gasteiger partial charge in [0.2, 0.25) is 5.95 Å². The van der Waals surface area contributed by atoms with E-state index in [1.165, 1.54) is 30.6 Å². The highest BCUT2D eigenvalue weighted by molar-refractivity contribution is 7.18. The number of unbranched alkanes of at least 4 members (excludes halogenated alkanes) is 2. The van der Waals surface area contributed by atoms with E-state index in [0.717, 1.165) is 28.5 Å². The zero-order chi connectivity index (χ0) is 15.2. The summed E-state index contributed by atoms with van der Waals surface area (Å²) in [6, 6.07) is 2.61. The Balaban J connectivity index is 2.19. The zero-order valence-corrected chi connectivity index (χ0v) is 14.3. The summed E-state index contributed by atoms with van der Waals surface area (Å²) in [5, 5.41) is 7.93. The van der Waals surface area contributed by atoms with E-state index in [9.17, 15) is 0 Å². The molecule has 0 spiro atoms. The fourth-order valence-electron chi connectivity index (χ4n) is 2.40. The summed E-state index contributed by atoms with van der Waals surface area (Å²) >= 11 is 1.72. The molecule has 2 aromatic rings. The first-order valence-corrected chi connectivity index (χ1v) is 8.74. The van der Waals surface area contributed by atoms with E-state index in [4.69, 9.17) is 0 Å². The number of aromatic nitrogens is 2. The maximum atomic E-state index is 4.65. The minimum atomic E-state index is 0.435. The Morgan fingerprint density at radius 3 is 2.76 bits per heavy atom. The molecule has 0 aliphatic heterocycles. The van der Waals surface area contributed by atoms with Crippen LogP contribution in [0.5, 0.6) is 0 Å². The van der Waals surface area contributed by atoms with Crippen LogP contribution < -0.4 is 10.6 Å². The lowest BCUT2D eigenvalue weighted by Crippen LogP contribution is -2.17. The van der Waals surface area contributed by atoms with E-state index in [-0.39, 0.29) is 0 Å². The van der Waals surface area contributed by atoms with Gasteiger partial charge in [0.15, 0.2) is 0 Å². The van der Waals surface area contributed by atoms with Crippen molar-refractivity contribution in [2.24, 2.45) is 0 Å². The monoisotopic (exact) mass is 306 g/mol. The summed E-state index contributed by atoms with van der Waals surface area (Å²) in [6.45, 7) is 9.49. The number of aryl methyl sites for hydroxylation is 1. The van der Waals surface area contributed by atoms with Gasteiger partial charge in [-0.15, -0.1) is 11.3 Å². The number of hydrogen-bond acceptors (Lipinski definition) is 5. The van der Waals surface area contributed by atoms with E-state index in [1.54, 1.807) is 11.3 Å². The quantitative estimate of drug-likeness (QED) is 0.687. The molecule has 2 rings (SSSR count). The van der Waals surface area contributed by atoms with Gasteiger partial charge in [0.25, 0.3) is 0 Å². The Labute approximate surface area is 131 Å². The summed E-state index contributed by atoms with van der Waals surface area (Å²) in [7, 11) is 0. The second-order valence-corrected chi connectivity index (χ2v) is 6.78. The average Bonchev–Trinajstić information content (AvgIpc) is 2.80. The van der Waals surface area contributed by atoms with E-state index in [0.29, 0.717) is 6.04 Å². The van der Waals surface area contributed by atoms with Crippen LogP contribution in [0.15, 0.2) is 6.07 Å². The molecular weight excluding hydrogens is 280 g/mol. The molecule has 21 heavy (non-hydrogen) atoms. The normalized spacial score (nSPS) is 12.6. The fraction of sp³-hybridized carbons (Fsp3) is 0.625. The molecule has 116 valence electrons. The lowest BCUT2D eigenvalue weighted by Gasteiger charge is -2.15. The molecule has 0 radical (unpaired) electrons. The molecule has 2 heterocycles. The molecular formula is C16H26N4S. The SMILES string of the molecule is CCCCCC(C)Nc1nc(NCC)nc2sc(C)cc12. The van der Waals surface area contributed by atoms with Gasteiger partial charge in [0, 0.05) is 17.5 Å². The van der Waals surface area contributed by atoms with Crippen molar-refractivity contribution in [3.8, 4) is 0 Å². The Kier molecular flexibility index (Phi) is 5.79. The van der Waals surface area contributed by atoms with Gasteiger partial charge in [-0.2, -0.15) is 4.98 Å². The fourth-order valence-corrected chi connectivity index (χ4v) is 3.27. The third kappa shape index (κ3) is 4.30. The van der Waals surface area contributed by atoms with Gasteiger partial charge < -0.3 is 10.6 Å². The number of anilines is 2. The van der Waals surface area contributed by atoms with Gasteiger partial charge in [-0.1, -0.05) is 26.2 Å². The molecule has 4 nitrogen and oxygen atoms in total. The predicted molar refractivity (Wildman–Crippen MR) is 93.5 cm³/mol. The van der Waals surface area contributed by atoms with Crippen molar-refractivity contribution in [3.63, 3.8) is 0 Å². The molecule has 0 saturated carbocycles. The second-order valence-electron chi connectivity index (χ2n) is 5.54. The first-order valence-electron chi connectivity index (χ1n) is 7.92. The first-order chi connectivity index (χ1) is 10.1. The smallest absolute Gasteiger partial charge is 0.226 e. The van der Waals surface area contributed by atoms with E-state index < -0.39 is 0 Å². The molecule has 0 fully saturated rings. The Bertz CT molecular complexity index is 579. The van der Waals surface area contributed by atoms with Crippen molar-refractivity contribution in [1.29, 1.82) is 0 Å². The third-order valence-electron chi connectivity index (χ3n) is 3.47. The van der Waals surface area contributed by atoms with Crippen LogP contribution in [-0.2, 0) is 0 Å². The zero-order valence-electron chi connectivity index (χ0n) is 13.5. The summed E-state index contributed by atoms with van der Waals surface area (Å²) < 4.78 is 0. The van der Waals surface area contributed by atoms with Crippen LogP contribution in [0.2, 0.25) is 0 Å². The van der Waals surface area contributed by atoms with Crippen molar-refractivity contribution >= 4 is 33.3 Å². The van der Waals surface area contributed by atoms with Crippen molar-refractivity contribution in [2.75, 3.05) is 17.2 Å². The number of rotatable bonds is 8. The molecule has 0 aromatic carbocycles. The third-order valence-corrected chi connectivity index (χ3v) is 4.42. The number of nitrogens with zero attached hydrogens (tertiary/aromatic N) is 2. The van der Waals surface area contributed by atoms with Crippen molar-refractivity contribution in [3.05, 3.63) is 10.9 Å². The van der Waals surface area contributed by atoms with Gasteiger partial charge in [-0.05, 0) is 33.3 Å². The minimum absolute atomic E-state index is 0.435. The van der Waals surface area contributed by atoms with Gasteiger partial charge in [0.05, 0.1) is 5.39 Å². The highest BCUT2D eigenvalue weighted by Crippen LogP contribution is 2.30. The van der Waals surface area contributed by atoms with Gasteiger partial charge in [0.1, 0.15) is 10.6 Å². The topological polar surface area (TPSA) is 49.8 Å². The molecule has 0 bridgehead atoms. The van der Waals surface area contributed by atoms with E-state index >= 15 is 0 Å². The molecule has 5 heteroatoms. The van der Waals surface area contributed by atoms with Crippen LogP contribution >= 0.6 is 11.3 Å². The van der Waals surface area contributed by atoms with Crippen LogP contribution in [-0.4, -0.2) is 22.6 Å². The summed E-state index contributed by atoms with van der Waals surface area (Å²) in [5.41, 5.74) is 0. The minimum Gasteiger partial charge on any atom is -0.367 e. The van der Waals surface area contributed by atoms with Crippen molar-refractivity contribution in [1.82, 2.24) is 9.97 Å². The van der Waals surface area contributed by atoms with Crippen LogP contribution in [0.3, 0.4) is 0 Å². The first kappa shape index (κ1) is 16.0. The summed E-state index contributed by atoms with van der Waals surface area (Å²) in [4.78, 5) is 11.6. The Morgan fingerprint density at radius 2 is 2.05 bits per heavy atom. The van der Waals surface area contributed by atoms with Crippen molar-refractivity contribution < 1.29 is 0 Å². The Hall–Kier alpha value is -1.36. The number of fused-ring (bicyclic) bond motifs is 1. The molecule has 0 amide bonds. The molecule has 0 aliphatic rings. The molecule has 2 aromatic heterocycles. The van der Waals surface area contributed by atoms with Crippen LogP contribution in [0.4, 0.5) is 11.8 Å². The summed E-state index contributed by atoms with van der Waals surface area (Å²) in [5.74, 6) is 1.68. The lowest BCUT2D eigenvalue weighted by atomic mass is 10.1. The molecule has 1 unspecified atom stereocenters. The van der Waals surface area contributed by atoms with E-state index in [1.807, 2.05) is 0 Å². The number of thiophene rings is 1. The maximum Gasteiger partial charge on any atom is 0.226 e. The Morgan fingerprint density at radius 1 is 1.24 bits per heavy atom. The van der Waals surface area contributed by atoms with Crippen LogP contribution in [0.1, 0.15) is 51.3 Å². The standard InChI is InChI=1S/C16H26N4S/c1-5-7-8-9-11(3)18-14-13-10-12(4)21-15(13)20-16(19-14)17-6-2/h10-11H,5-9H2,1-4H3,(H2,17,18,19,20). The highest BCUT2D eigenvalue weighted by Gasteiger charge is 2.12. The number of hydrogen-bond donors (Lipinski definition) is 2. The predicted octanol–water partition coefficient (Wildman–Crippen LogP) is 4.81. The van der Waals surface area contributed by atoms with Gasteiger partial charge in [-0.25, -0.2) is 4.98 Å². The summed E-state index contributed by atoms with van der Waals surface area (Å²) in [6.07, 6.45) is 5.00. The van der Waals surface area contributed by atoms with Crippen molar-refractivity contribution in [2.45, 2.75) is 59.4 Å². The maximum absolute atomic E-state index is 4.65. The second kappa shape index (κ2) is 7.59. The molecule has 1 atom stereocenters. The largest absolute Gasteiger partial charge is 0.367 e. The van der Waals surface area contributed by atoms with Crippen LogP contribution in [0.25, 0.3) is 10.2 Å². The number of nitrogens with one attached hydrogen (secondary N) is 2. The van der Waals surface area contributed by atoms with Gasteiger partial charge >= 0.3 is 0 Å². The van der Waals surface area contributed by atoms with Crippen LogP contribution in [0, 0.1) is 6.92 Å². The average molecular weight is 306 g/mol. The molecule has 2 N–H and O–H groups in total. The van der Waals surface area contributed by atoms with E-state index in [2.05, 4.69) is 54.4 Å². The lowest BCUT2D eigenvalue weighted by molar-refractivity contribution is 0.614. The molecule has 0 saturated heterocycles. The van der Waals surface area contributed by atoms with Gasteiger partial charge in [-0.3, -0.25) is 0 Å². The molecule has 0 aliphatic carbocycles. The highest BCUT2D eigenvalue weighted by atomic mass is 32.1.